The van der Waals surface area contributed by atoms with E-state index < -0.39 is 0 Å². The first-order chi connectivity index (χ1) is 9.93. The van der Waals surface area contributed by atoms with Gasteiger partial charge >= 0.3 is 0 Å². The molecule has 0 aromatic heterocycles. The molecule has 1 atom stereocenters. The fourth-order valence-electron chi connectivity index (χ4n) is 2.47. The van der Waals surface area contributed by atoms with Crippen molar-refractivity contribution in [2.75, 3.05) is 18.9 Å². The first-order valence-electron chi connectivity index (χ1n) is 7.06. The van der Waals surface area contributed by atoms with Gasteiger partial charge < -0.3 is 10.1 Å². The SMILES string of the molecule is c1ccc(SCCNC2CCOc3ccccc32)cc1. The van der Waals surface area contributed by atoms with Crippen LogP contribution < -0.4 is 10.1 Å². The van der Waals surface area contributed by atoms with Crippen molar-refractivity contribution in [3.05, 3.63) is 60.2 Å². The van der Waals surface area contributed by atoms with E-state index in [2.05, 4.69) is 53.8 Å². The summed E-state index contributed by atoms with van der Waals surface area (Å²) >= 11 is 1.90. The summed E-state index contributed by atoms with van der Waals surface area (Å²) in [7, 11) is 0. The van der Waals surface area contributed by atoms with Crippen molar-refractivity contribution in [2.24, 2.45) is 0 Å². The van der Waals surface area contributed by atoms with E-state index in [1.54, 1.807) is 0 Å². The zero-order chi connectivity index (χ0) is 13.6. The molecule has 3 heteroatoms. The maximum absolute atomic E-state index is 5.68. The van der Waals surface area contributed by atoms with Crippen molar-refractivity contribution >= 4 is 11.8 Å². The second kappa shape index (κ2) is 6.82. The number of ether oxygens (including phenoxy) is 1. The Morgan fingerprint density at radius 2 is 1.85 bits per heavy atom. The topological polar surface area (TPSA) is 21.3 Å². The van der Waals surface area contributed by atoms with Crippen LogP contribution in [0.1, 0.15) is 18.0 Å². The highest BCUT2D eigenvalue weighted by molar-refractivity contribution is 7.99. The van der Waals surface area contributed by atoms with E-state index in [4.69, 9.17) is 4.74 Å². The van der Waals surface area contributed by atoms with Gasteiger partial charge in [-0.25, -0.2) is 0 Å². The molecule has 20 heavy (non-hydrogen) atoms. The lowest BCUT2D eigenvalue weighted by Crippen LogP contribution is -2.28. The molecule has 0 spiro atoms. The van der Waals surface area contributed by atoms with Crippen molar-refractivity contribution in [1.82, 2.24) is 5.32 Å². The third-order valence-electron chi connectivity index (χ3n) is 3.46. The molecule has 0 aliphatic carbocycles. The van der Waals surface area contributed by atoms with Crippen molar-refractivity contribution in [3.63, 3.8) is 0 Å². The van der Waals surface area contributed by atoms with Gasteiger partial charge in [-0.05, 0) is 18.2 Å². The van der Waals surface area contributed by atoms with Crippen molar-refractivity contribution in [3.8, 4) is 5.75 Å². The molecule has 0 amide bonds. The predicted octanol–water partition coefficient (Wildman–Crippen LogP) is 3.89. The first-order valence-corrected chi connectivity index (χ1v) is 8.05. The molecule has 1 aliphatic rings. The summed E-state index contributed by atoms with van der Waals surface area (Å²) in [5.41, 5.74) is 1.29. The van der Waals surface area contributed by atoms with E-state index >= 15 is 0 Å². The monoisotopic (exact) mass is 285 g/mol. The van der Waals surface area contributed by atoms with Gasteiger partial charge in [0.05, 0.1) is 6.61 Å². The molecular formula is C17H19NOS. The molecule has 1 heterocycles. The molecule has 104 valence electrons. The molecule has 1 N–H and O–H groups in total. The number of thioether (sulfide) groups is 1. The van der Waals surface area contributed by atoms with Crippen molar-refractivity contribution in [2.45, 2.75) is 17.4 Å². The molecule has 0 fully saturated rings. The zero-order valence-electron chi connectivity index (χ0n) is 11.4. The van der Waals surface area contributed by atoms with Gasteiger partial charge in [-0.3, -0.25) is 0 Å². The number of hydrogen-bond acceptors (Lipinski definition) is 3. The second-order valence-electron chi connectivity index (χ2n) is 4.84. The Balaban J connectivity index is 1.50. The number of fused-ring (bicyclic) bond motifs is 1. The highest BCUT2D eigenvalue weighted by Gasteiger charge is 2.19. The summed E-state index contributed by atoms with van der Waals surface area (Å²) < 4.78 is 5.68. The summed E-state index contributed by atoms with van der Waals surface area (Å²) in [4.78, 5) is 1.33. The molecule has 1 aliphatic heterocycles. The maximum Gasteiger partial charge on any atom is 0.124 e. The van der Waals surface area contributed by atoms with E-state index in [9.17, 15) is 0 Å². The van der Waals surface area contributed by atoms with Crippen LogP contribution in [0.25, 0.3) is 0 Å². The Hall–Kier alpha value is -1.45. The van der Waals surface area contributed by atoms with Gasteiger partial charge in [-0.1, -0.05) is 36.4 Å². The van der Waals surface area contributed by atoms with Crippen LogP contribution in [0.2, 0.25) is 0 Å². The summed E-state index contributed by atoms with van der Waals surface area (Å²) in [6.45, 7) is 1.82. The van der Waals surface area contributed by atoms with Crippen LogP contribution in [0.15, 0.2) is 59.5 Å². The Bertz CT molecular complexity index is 544. The maximum atomic E-state index is 5.68. The summed E-state index contributed by atoms with van der Waals surface area (Å²) in [5, 5.41) is 3.65. The van der Waals surface area contributed by atoms with E-state index in [0.29, 0.717) is 6.04 Å². The van der Waals surface area contributed by atoms with E-state index in [1.165, 1.54) is 10.5 Å². The van der Waals surface area contributed by atoms with Crippen LogP contribution in [-0.2, 0) is 0 Å². The highest BCUT2D eigenvalue weighted by atomic mass is 32.2. The molecule has 0 saturated heterocycles. The summed E-state index contributed by atoms with van der Waals surface area (Å²) in [6.07, 6.45) is 1.05. The summed E-state index contributed by atoms with van der Waals surface area (Å²) in [6, 6.07) is 19.3. The van der Waals surface area contributed by atoms with Gasteiger partial charge in [0, 0.05) is 35.2 Å². The minimum absolute atomic E-state index is 0.427. The quantitative estimate of drug-likeness (QED) is 0.665. The van der Waals surface area contributed by atoms with Gasteiger partial charge in [0.15, 0.2) is 0 Å². The number of benzene rings is 2. The zero-order valence-corrected chi connectivity index (χ0v) is 12.2. The average Bonchev–Trinajstić information content (AvgIpc) is 2.53. The van der Waals surface area contributed by atoms with Crippen LogP contribution in [0, 0.1) is 0 Å². The van der Waals surface area contributed by atoms with Crippen LogP contribution >= 0.6 is 11.8 Å². The molecule has 2 aromatic carbocycles. The molecule has 0 radical (unpaired) electrons. The third kappa shape index (κ3) is 3.35. The Kier molecular flexibility index (Phi) is 4.61. The molecular weight excluding hydrogens is 266 g/mol. The van der Waals surface area contributed by atoms with Gasteiger partial charge in [0.2, 0.25) is 0 Å². The van der Waals surface area contributed by atoms with E-state index in [0.717, 1.165) is 31.1 Å². The minimum atomic E-state index is 0.427. The lowest BCUT2D eigenvalue weighted by molar-refractivity contribution is 0.254. The average molecular weight is 285 g/mol. The number of hydrogen-bond donors (Lipinski definition) is 1. The highest BCUT2D eigenvalue weighted by Crippen LogP contribution is 2.31. The van der Waals surface area contributed by atoms with Crippen LogP contribution in [0.4, 0.5) is 0 Å². The molecule has 0 bridgehead atoms. The summed E-state index contributed by atoms with van der Waals surface area (Å²) in [5.74, 6) is 2.12. The van der Waals surface area contributed by atoms with Gasteiger partial charge in [0.25, 0.3) is 0 Å². The van der Waals surface area contributed by atoms with Crippen molar-refractivity contribution < 1.29 is 4.74 Å². The van der Waals surface area contributed by atoms with Gasteiger partial charge in [-0.2, -0.15) is 0 Å². The number of para-hydroxylation sites is 1. The minimum Gasteiger partial charge on any atom is -0.493 e. The molecule has 0 saturated carbocycles. The second-order valence-corrected chi connectivity index (χ2v) is 6.01. The lowest BCUT2D eigenvalue weighted by Gasteiger charge is -2.26. The van der Waals surface area contributed by atoms with E-state index in [-0.39, 0.29) is 0 Å². The van der Waals surface area contributed by atoms with Crippen LogP contribution in [0.5, 0.6) is 5.75 Å². The normalized spacial score (nSPS) is 17.3. The van der Waals surface area contributed by atoms with Crippen molar-refractivity contribution in [1.29, 1.82) is 0 Å². The largest absolute Gasteiger partial charge is 0.493 e. The standard InChI is InChI=1S/C17H19NOS/c1-2-6-14(7-3-1)20-13-11-18-16-10-12-19-17-9-5-4-8-15(16)17/h1-9,16,18H,10-13H2. The first kappa shape index (κ1) is 13.5. The molecule has 2 aromatic rings. The Morgan fingerprint density at radius 1 is 1.05 bits per heavy atom. The molecule has 1 unspecified atom stereocenters. The lowest BCUT2D eigenvalue weighted by atomic mass is 10.0. The molecule has 2 nitrogen and oxygen atoms in total. The van der Waals surface area contributed by atoms with Crippen LogP contribution in [0.3, 0.4) is 0 Å². The molecule has 3 rings (SSSR count). The fraction of sp³-hybridized carbons (Fsp3) is 0.294. The van der Waals surface area contributed by atoms with Gasteiger partial charge in [-0.15, -0.1) is 11.8 Å². The predicted molar refractivity (Wildman–Crippen MR) is 84.5 cm³/mol. The number of nitrogens with one attached hydrogen (secondary N) is 1. The smallest absolute Gasteiger partial charge is 0.124 e. The fourth-order valence-corrected chi connectivity index (χ4v) is 3.28. The third-order valence-corrected chi connectivity index (χ3v) is 4.48. The Labute approximate surface area is 124 Å². The Morgan fingerprint density at radius 3 is 2.75 bits per heavy atom. The van der Waals surface area contributed by atoms with Crippen LogP contribution in [-0.4, -0.2) is 18.9 Å². The number of rotatable bonds is 5. The van der Waals surface area contributed by atoms with E-state index in [1.807, 2.05) is 17.8 Å². The van der Waals surface area contributed by atoms with Gasteiger partial charge in [0.1, 0.15) is 5.75 Å².